The zero-order chi connectivity index (χ0) is 11.8. The Hall–Kier alpha value is -1.43. The van der Waals surface area contributed by atoms with Crippen LogP contribution in [0.15, 0.2) is 0 Å². The lowest BCUT2D eigenvalue weighted by Crippen LogP contribution is -2.33. The van der Waals surface area contributed by atoms with Crippen molar-refractivity contribution in [3.63, 3.8) is 0 Å². The van der Waals surface area contributed by atoms with E-state index in [1.807, 2.05) is 4.90 Å². The van der Waals surface area contributed by atoms with E-state index in [2.05, 4.69) is 20.1 Å². The van der Waals surface area contributed by atoms with Gasteiger partial charge >= 0.3 is 0 Å². The molecule has 0 bridgehead atoms. The molecule has 0 radical (unpaired) electrons. The molecule has 3 heterocycles. The van der Waals surface area contributed by atoms with E-state index in [0.717, 1.165) is 50.7 Å². The molecule has 3 rings (SSSR count). The van der Waals surface area contributed by atoms with Crippen LogP contribution in [0.3, 0.4) is 0 Å². The molecule has 1 aromatic heterocycles. The second kappa shape index (κ2) is 4.10. The first-order valence-corrected chi connectivity index (χ1v) is 6.17. The van der Waals surface area contributed by atoms with Gasteiger partial charge in [0.05, 0.1) is 12.6 Å². The number of carbonyl (C=O) groups excluding carboxylic acids is 1. The lowest BCUT2D eigenvalue weighted by molar-refractivity contribution is -0.129. The molecule has 6 nitrogen and oxygen atoms in total. The Balaban J connectivity index is 1.93. The highest BCUT2D eigenvalue weighted by molar-refractivity contribution is 5.74. The zero-order valence-electron chi connectivity index (χ0n) is 10.0. The van der Waals surface area contributed by atoms with E-state index >= 15 is 0 Å². The molecule has 1 saturated heterocycles. The van der Waals surface area contributed by atoms with Gasteiger partial charge in [-0.2, -0.15) is 0 Å². The van der Waals surface area contributed by atoms with Crippen molar-refractivity contribution in [2.45, 2.75) is 38.9 Å². The average Bonchev–Trinajstić information content (AvgIpc) is 2.94. The van der Waals surface area contributed by atoms with Crippen molar-refractivity contribution in [3.8, 4) is 0 Å². The molecule has 17 heavy (non-hydrogen) atoms. The van der Waals surface area contributed by atoms with E-state index < -0.39 is 0 Å². The van der Waals surface area contributed by atoms with E-state index in [1.165, 1.54) is 0 Å². The van der Waals surface area contributed by atoms with Crippen molar-refractivity contribution in [2.24, 2.45) is 0 Å². The fourth-order valence-corrected chi connectivity index (χ4v) is 2.77. The van der Waals surface area contributed by atoms with E-state index in [9.17, 15) is 4.79 Å². The van der Waals surface area contributed by atoms with Gasteiger partial charge in [0.25, 0.3) is 0 Å². The predicted octanol–water partition coefficient (Wildman–Crippen LogP) is 0.0647. The molecule has 0 unspecified atom stereocenters. The minimum atomic E-state index is 0.131. The number of nitrogens with zero attached hydrogens (tertiary/aromatic N) is 4. The fourth-order valence-electron chi connectivity index (χ4n) is 2.77. The van der Waals surface area contributed by atoms with Crippen LogP contribution in [0.25, 0.3) is 0 Å². The van der Waals surface area contributed by atoms with E-state index in [-0.39, 0.29) is 11.9 Å². The van der Waals surface area contributed by atoms with Crippen LogP contribution in [0.2, 0.25) is 0 Å². The molecule has 0 saturated carbocycles. The number of aromatic nitrogens is 3. The second-order valence-corrected chi connectivity index (χ2v) is 4.67. The predicted molar refractivity (Wildman–Crippen MR) is 61.1 cm³/mol. The topological polar surface area (TPSA) is 63.1 Å². The van der Waals surface area contributed by atoms with Gasteiger partial charge in [0.1, 0.15) is 5.82 Å². The summed E-state index contributed by atoms with van der Waals surface area (Å²) in [4.78, 5) is 13.5. The van der Waals surface area contributed by atoms with Crippen LogP contribution in [-0.2, 0) is 17.9 Å². The van der Waals surface area contributed by atoms with Gasteiger partial charge in [-0.1, -0.05) is 0 Å². The van der Waals surface area contributed by atoms with Crippen molar-refractivity contribution >= 4 is 5.91 Å². The van der Waals surface area contributed by atoms with Gasteiger partial charge in [0.15, 0.2) is 5.82 Å². The van der Waals surface area contributed by atoms with Crippen LogP contribution in [0.5, 0.6) is 0 Å². The number of hydrogen-bond donors (Lipinski definition) is 1. The summed E-state index contributed by atoms with van der Waals surface area (Å²) < 4.78 is 2.17. The molecular weight excluding hydrogens is 218 g/mol. The van der Waals surface area contributed by atoms with E-state index in [1.54, 1.807) is 6.92 Å². The van der Waals surface area contributed by atoms with Crippen molar-refractivity contribution in [2.75, 3.05) is 13.1 Å². The number of amides is 1. The van der Waals surface area contributed by atoms with Gasteiger partial charge in [-0.25, -0.2) is 0 Å². The Morgan fingerprint density at radius 2 is 2.29 bits per heavy atom. The molecule has 0 aromatic carbocycles. The first-order chi connectivity index (χ1) is 8.27. The van der Waals surface area contributed by atoms with E-state index in [4.69, 9.17) is 0 Å². The maximum absolute atomic E-state index is 11.6. The summed E-state index contributed by atoms with van der Waals surface area (Å²) in [7, 11) is 0. The number of nitrogens with one attached hydrogen (secondary N) is 1. The average molecular weight is 235 g/mol. The SMILES string of the molecule is CC(=O)N1CCC[C@H]1c1nnc2n1CCNC2. The summed E-state index contributed by atoms with van der Waals surface area (Å²) in [5, 5.41) is 11.8. The monoisotopic (exact) mass is 235 g/mol. The highest BCUT2D eigenvalue weighted by atomic mass is 16.2. The lowest BCUT2D eigenvalue weighted by Gasteiger charge is -2.24. The summed E-state index contributed by atoms with van der Waals surface area (Å²) in [6.07, 6.45) is 2.07. The Bertz CT molecular complexity index is 441. The number of hydrogen-bond acceptors (Lipinski definition) is 4. The van der Waals surface area contributed by atoms with Crippen LogP contribution in [0.4, 0.5) is 0 Å². The van der Waals surface area contributed by atoms with Gasteiger partial charge < -0.3 is 14.8 Å². The smallest absolute Gasteiger partial charge is 0.220 e. The number of fused-ring (bicyclic) bond motifs is 1. The molecule has 2 aliphatic rings. The Morgan fingerprint density at radius 1 is 1.41 bits per heavy atom. The van der Waals surface area contributed by atoms with Crippen molar-refractivity contribution in [1.29, 1.82) is 0 Å². The molecule has 6 heteroatoms. The van der Waals surface area contributed by atoms with Gasteiger partial charge in [-0.05, 0) is 12.8 Å². The molecule has 1 aromatic rings. The number of likely N-dealkylation sites (tertiary alicyclic amines) is 1. The normalized spacial score (nSPS) is 23.8. The van der Waals surface area contributed by atoms with Crippen LogP contribution >= 0.6 is 0 Å². The standard InChI is InChI=1S/C11H17N5O/c1-8(17)15-5-2-3-9(15)11-14-13-10-7-12-4-6-16(10)11/h9,12H,2-7H2,1H3/t9-/m0/s1. The molecule has 0 spiro atoms. The molecule has 1 fully saturated rings. The van der Waals surface area contributed by atoms with Gasteiger partial charge in [-0.3, -0.25) is 4.79 Å². The first kappa shape index (κ1) is 10.7. The molecular formula is C11H17N5O. The van der Waals surface area contributed by atoms with Crippen LogP contribution in [0, 0.1) is 0 Å². The van der Waals surface area contributed by atoms with Crippen LogP contribution in [-0.4, -0.2) is 38.7 Å². The summed E-state index contributed by atoms with van der Waals surface area (Å²) in [6.45, 7) is 5.11. The van der Waals surface area contributed by atoms with Gasteiger partial charge in [0, 0.05) is 26.6 Å². The van der Waals surface area contributed by atoms with Crippen molar-refractivity contribution < 1.29 is 4.79 Å². The summed E-state index contributed by atoms with van der Waals surface area (Å²) in [6, 6.07) is 0.131. The Morgan fingerprint density at radius 3 is 3.12 bits per heavy atom. The highest BCUT2D eigenvalue weighted by Gasteiger charge is 2.32. The first-order valence-electron chi connectivity index (χ1n) is 6.17. The summed E-state index contributed by atoms with van der Waals surface area (Å²) >= 11 is 0. The number of rotatable bonds is 1. The van der Waals surface area contributed by atoms with Gasteiger partial charge in [0.2, 0.25) is 5.91 Å². The minimum absolute atomic E-state index is 0.131. The highest BCUT2D eigenvalue weighted by Crippen LogP contribution is 2.31. The molecule has 1 amide bonds. The third-order valence-corrected chi connectivity index (χ3v) is 3.61. The second-order valence-electron chi connectivity index (χ2n) is 4.67. The molecule has 1 N–H and O–H groups in total. The summed E-state index contributed by atoms with van der Waals surface area (Å²) in [5.41, 5.74) is 0. The number of carbonyl (C=O) groups is 1. The fraction of sp³-hybridized carbons (Fsp3) is 0.727. The molecule has 2 aliphatic heterocycles. The quantitative estimate of drug-likeness (QED) is 0.748. The third kappa shape index (κ3) is 1.72. The Labute approximate surface area is 100 Å². The molecule has 1 atom stereocenters. The largest absolute Gasteiger partial charge is 0.333 e. The van der Waals surface area contributed by atoms with Crippen molar-refractivity contribution in [1.82, 2.24) is 25.0 Å². The Kier molecular flexibility index (Phi) is 2.58. The molecule has 0 aliphatic carbocycles. The maximum Gasteiger partial charge on any atom is 0.220 e. The van der Waals surface area contributed by atoms with Gasteiger partial charge in [-0.15, -0.1) is 10.2 Å². The summed E-state index contributed by atoms with van der Waals surface area (Å²) in [5.74, 6) is 2.09. The maximum atomic E-state index is 11.6. The minimum Gasteiger partial charge on any atom is -0.333 e. The van der Waals surface area contributed by atoms with E-state index in [0.29, 0.717) is 0 Å². The zero-order valence-corrected chi connectivity index (χ0v) is 10.0. The van der Waals surface area contributed by atoms with Crippen LogP contribution < -0.4 is 5.32 Å². The lowest BCUT2D eigenvalue weighted by atomic mass is 10.2. The molecule has 92 valence electrons. The van der Waals surface area contributed by atoms with Crippen molar-refractivity contribution in [3.05, 3.63) is 11.6 Å². The third-order valence-electron chi connectivity index (χ3n) is 3.61. The van der Waals surface area contributed by atoms with Crippen LogP contribution in [0.1, 0.15) is 37.5 Å².